The van der Waals surface area contributed by atoms with Gasteiger partial charge in [0.05, 0.1) is 0 Å². The number of nitrogens with one attached hydrogen (secondary N) is 1. The van der Waals surface area contributed by atoms with Crippen molar-refractivity contribution >= 4 is 17.3 Å². The summed E-state index contributed by atoms with van der Waals surface area (Å²) in [5, 5.41) is 4.35. The number of benzene rings is 2. The molecule has 1 unspecified atom stereocenters. The lowest BCUT2D eigenvalue weighted by molar-refractivity contribution is 0.647. The van der Waals surface area contributed by atoms with Gasteiger partial charge in [-0.05, 0) is 55.0 Å². The molecule has 21 heavy (non-hydrogen) atoms. The summed E-state index contributed by atoms with van der Waals surface area (Å²) in [4.78, 5) is 0. The predicted molar refractivity (Wildman–Crippen MR) is 93.2 cm³/mol. The summed E-state index contributed by atoms with van der Waals surface area (Å²) in [6.07, 6.45) is 1.13. The third-order valence-corrected chi connectivity index (χ3v) is 4.17. The lowest BCUT2D eigenvalue weighted by atomic mass is 9.99. The van der Waals surface area contributed by atoms with Crippen LogP contribution in [0.15, 0.2) is 42.5 Å². The van der Waals surface area contributed by atoms with Crippen LogP contribution in [-0.2, 0) is 6.42 Å². The molecule has 0 aliphatic rings. The Bertz CT molecular complexity index is 587. The first-order valence-electron chi connectivity index (χ1n) is 7.58. The molecule has 0 amide bonds. The number of anilines is 1. The van der Waals surface area contributed by atoms with Crippen LogP contribution in [0.3, 0.4) is 0 Å². The van der Waals surface area contributed by atoms with Crippen LogP contribution < -0.4 is 5.32 Å². The van der Waals surface area contributed by atoms with E-state index in [0.29, 0.717) is 5.92 Å². The Morgan fingerprint density at radius 3 is 2.29 bits per heavy atom. The van der Waals surface area contributed by atoms with Gasteiger partial charge in [-0.2, -0.15) is 0 Å². The molecule has 2 rings (SSSR count). The summed E-state index contributed by atoms with van der Waals surface area (Å²) in [6, 6.07) is 15.1. The molecule has 0 aliphatic heterocycles. The largest absolute Gasteiger partial charge is 0.378 e. The average molecular weight is 302 g/mol. The zero-order valence-corrected chi connectivity index (χ0v) is 14.0. The van der Waals surface area contributed by atoms with Crippen LogP contribution in [0.2, 0.25) is 5.02 Å². The van der Waals surface area contributed by atoms with Gasteiger partial charge >= 0.3 is 0 Å². The highest BCUT2D eigenvalue weighted by Gasteiger charge is 2.08. The second kappa shape index (κ2) is 7.00. The maximum Gasteiger partial charge on any atom is 0.0485 e. The van der Waals surface area contributed by atoms with Crippen LogP contribution in [0.25, 0.3) is 0 Å². The van der Waals surface area contributed by atoms with Crippen molar-refractivity contribution in [3.05, 3.63) is 64.2 Å². The second-order valence-corrected chi connectivity index (χ2v) is 6.53. The van der Waals surface area contributed by atoms with Gasteiger partial charge in [0.1, 0.15) is 0 Å². The van der Waals surface area contributed by atoms with Gasteiger partial charge in [0, 0.05) is 16.8 Å². The smallest absolute Gasteiger partial charge is 0.0485 e. The summed E-state index contributed by atoms with van der Waals surface area (Å²) in [7, 11) is 0. The molecule has 2 heteroatoms. The fourth-order valence-electron chi connectivity index (χ4n) is 2.49. The molecular weight excluding hydrogens is 278 g/mol. The molecule has 112 valence electrons. The lowest BCUT2D eigenvalue weighted by Crippen LogP contribution is -2.08. The third kappa shape index (κ3) is 4.25. The number of hydrogen-bond donors (Lipinski definition) is 1. The van der Waals surface area contributed by atoms with E-state index in [9.17, 15) is 0 Å². The van der Waals surface area contributed by atoms with Crippen LogP contribution in [0.5, 0.6) is 0 Å². The maximum absolute atomic E-state index is 6.17. The van der Waals surface area contributed by atoms with Crippen molar-refractivity contribution in [2.45, 2.75) is 40.2 Å². The molecule has 0 radical (unpaired) electrons. The SMILES string of the molecule is Cc1c(Cl)cccc1NC(C)c1ccc(CC(C)C)cc1. The van der Waals surface area contributed by atoms with Crippen molar-refractivity contribution in [2.75, 3.05) is 5.32 Å². The van der Waals surface area contributed by atoms with E-state index in [1.165, 1.54) is 11.1 Å². The average Bonchev–Trinajstić information content (AvgIpc) is 2.44. The summed E-state index contributed by atoms with van der Waals surface area (Å²) < 4.78 is 0. The van der Waals surface area contributed by atoms with Gasteiger partial charge < -0.3 is 5.32 Å². The molecule has 0 aromatic heterocycles. The molecule has 0 spiro atoms. The quantitative estimate of drug-likeness (QED) is 0.712. The minimum atomic E-state index is 0.260. The Labute approximate surface area is 133 Å². The normalized spacial score (nSPS) is 12.5. The van der Waals surface area contributed by atoms with Gasteiger partial charge in [-0.1, -0.05) is 55.8 Å². The molecule has 2 aromatic carbocycles. The van der Waals surface area contributed by atoms with E-state index in [4.69, 9.17) is 11.6 Å². The van der Waals surface area contributed by atoms with Gasteiger partial charge in [0.25, 0.3) is 0 Å². The minimum Gasteiger partial charge on any atom is -0.378 e. The Morgan fingerprint density at radius 1 is 1.00 bits per heavy atom. The molecular formula is C19H24ClN. The highest BCUT2D eigenvalue weighted by Crippen LogP contribution is 2.27. The molecule has 0 saturated heterocycles. The molecule has 1 N–H and O–H groups in total. The van der Waals surface area contributed by atoms with Crippen LogP contribution in [0, 0.1) is 12.8 Å². The second-order valence-electron chi connectivity index (χ2n) is 6.12. The Hall–Kier alpha value is -1.47. The fourth-order valence-corrected chi connectivity index (χ4v) is 2.67. The molecule has 0 bridgehead atoms. The van der Waals surface area contributed by atoms with Crippen molar-refractivity contribution in [3.8, 4) is 0 Å². The first-order valence-corrected chi connectivity index (χ1v) is 7.95. The number of hydrogen-bond acceptors (Lipinski definition) is 1. The van der Waals surface area contributed by atoms with Gasteiger partial charge in [-0.3, -0.25) is 0 Å². The van der Waals surface area contributed by atoms with E-state index in [-0.39, 0.29) is 6.04 Å². The fraction of sp³-hybridized carbons (Fsp3) is 0.368. The maximum atomic E-state index is 6.17. The predicted octanol–water partition coefficient (Wildman–Crippen LogP) is 6.02. The van der Waals surface area contributed by atoms with E-state index >= 15 is 0 Å². The van der Waals surface area contributed by atoms with E-state index in [1.807, 2.05) is 19.1 Å². The van der Waals surface area contributed by atoms with Gasteiger partial charge in [0.2, 0.25) is 0 Å². The van der Waals surface area contributed by atoms with Crippen molar-refractivity contribution in [2.24, 2.45) is 5.92 Å². The van der Waals surface area contributed by atoms with E-state index in [2.05, 4.69) is 56.4 Å². The zero-order chi connectivity index (χ0) is 15.4. The van der Waals surface area contributed by atoms with Crippen LogP contribution >= 0.6 is 11.6 Å². The minimum absolute atomic E-state index is 0.260. The van der Waals surface area contributed by atoms with Crippen molar-refractivity contribution in [1.82, 2.24) is 0 Å². The third-order valence-electron chi connectivity index (χ3n) is 3.76. The molecule has 0 fully saturated rings. The summed E-state index contributed by atoms with van der Waals surface area (Å²) >= 11 is 6.17. The molecule has 1 atom stereocenters. The van der Waals surface area contributed by atoms with E-state index in [1.54, 1.807) is 0 Å². The van der Waals surface area contributed by atoms with E-state index in [0.717, 1.165) is 22.7 Å². The summed E-state index contributed by atoms with van der Waals surface area (Å²) in [6.45, 7) is 8.72. The highest BCUT2D eigenvalue weighted by atomic mass is 35.5. The lowest BCUT2D eigenvalue weighted by Gasteiger charge is -2.18. The van der Waals surface area contributed by atoms with E-state index < -0.39 is 0 Å². The monoisotopic (exact) mass is 301 g/mol. The van der Waals surface area contributed by atoms with Crippen LogP contribution in [0.1, 0.15) is 43.5 Å². The zero-order valence-electron chi connectivity index (χ0n) is 13.3. The Kier molecular flexibility index (Phi) is 5.30. The van der Waals surface area contributed by atoms with Gasteiger partial charge in [0.15, 0.2) is 0 Å². The topological polar surface area (TPSA) is 12.0 Å². The molecule has 0 heterocycles. The summed E-state index contributed by atoms with van der Waals surface area (Å²) in [5.41, 5.74) is 4.89. The van der Waals surface area contributed by atoms with Crippen molar-refractivity contribution in [1.29, 1.82) is 0 Å². The number of halogens is 1. The van der Waals surface area contributed by atoms with Crippen LogP contribution in [-0.4, -0.2) is 0 Å². The standard InChI is InChI=1S/C19H24ClN/c1-13(2)12-16-8-10-17(11-9-16)15(4)21-19-7-5-6-18(20)14(19)3/h5-11,13,15,21H,12H2,1-4H3. The molecule has 1 nitrogen and oxygen atoms in total. The Morgan fingerprint density at radius 2 is 1.67 bits per heavy atom. The van der Waals surface area contributed by atoms with Crippen LogP contribution in [0.4, 0.5) is 5.69 Å². The van der Waals surface area contributed by atoms with Crippen molar-refractivity contribution < 1.29 is 0 Å². The molecule has 0 saturated carbocycles. The van der Waals surface area contributed by atoms with Gasteiger partial charge in [-0.15, -0.1) is 0 Å². The molecule has 0 aliphatic carbocycles. The Balaban J connectivity index is 2.09. The number of rotatable bonds is 5. The first kappa shape index (κ1) is 15.9. The van der Waals surface area contributed by atoms with Crippen molar-refractivity contribution in [3.63, 3.8) is 0 Å². The summed E-state index contributed by atoms with van der Waals surface area (Å²) in [5.74, 6) is 0.695. The highest BCUT2D eigenvalue weighted by molar-refractivity contribution is 6.31. The first-order chi connectivity index (χ1) is 9.97. The van der Waals surface area contributed by atoms with Gasteiger partial charge in [-0.25, -0.2) is 0 Å². The molecule has 2 aromatic rings.